The van der Waals surface area contributed by atoms with Gasteiger partial charge in [0.2, 0.25) is 11.8 Å². The van der Waals surface area contributed by atoms with Gasteiger partial charge in [-0.1, -0.05) is 23.8 Å². The predicted octanol–water partition coefficient (Wildman–Crippen LogP) is 4.21. The molecule has 0 aliphatic carbocycles. The van der Waals surface area contributed by atoms with Crippen LogP contribution >= 0.6 is 0 Å². The maximum atomic E-state index is 12.6. The fourth-order valence-corrected chi connectivity index (χ4v) is 3.99. The van der Waals surface area contributed by atoms with Crippen molar-refractivity contribution in [3.05, 3.63) is 58.7 Å². The Kier molecular flexibility index (Phi) is 6.70. The van der Waals surface area contributed by atoms with Gasteiger partial charge >= 0.3 is 0 Å². The summed E-state index contributed by atoms with van der Waals surface area (Å²) in [6.07, 6.45) is 1.54. The zero-order chi connectivity index (χ0) is 21.0. The SMILES string of the molecule is Cc1cc(C)cc(NC(=O)CN2CCC(C(=O)Nc3ccc(C)cc3C)CC2)c1. The lowest BCUT2D eigenvalue weighted by atomic mass is 9.95. The average molecular weight is 394 g/mol. The van der Waals surface area contributed by atoms with Crippen molar-refractivity contribution in [1.29, 1.82) is 0 Å². The quantitative estimate of drug-likeness (QED) is 0.800. The molecule has 1 aliphatic heterocycles. The third-order valence-electron chi connectivity index (χ3n) is 5.47. The molecule has 5 nitrogen and oxygen atoms in total. The number of carbonyl (C=O) groups excluding carboxylic acids is 2. The van der Waals surface area contributed by atoms with Gasteiger partial charge in [-0.25, -0.2) is 0 Å². The Morgan fingerprint density at radius 1 is 0.897 bits per heavy atom. The van der Waals surface area contributed by atoms with Crippen LogP contribution in [0.3, 0.4) is 0 Å². The van der Waals surface area contributed by atoms with E-state index in [4.69, 9.17) is 0 Å². The average Bonchev–Trinajstić information content (AvgIpc) is 2.63. The molecule has 1 heterocycles. The number of amides is 2. The molecule has 2 amide bonds. The van der Waals surface area contributed by atoms with Crippen LogP contribution in [-0.4, -0.2) is 36.3 Å². The lowest BCUT2D eigenvalue weighted by Gasteiger charge is -2.30. The standard InChI is InChI=1S/C24H31N3O2/c1-16-5-6-22(19(4)12-16)26-24(29)20-7-9-27(10-8-20)15-23(28)25-21-13-17(2)11-18(3)14-21/h5-6,11-14,20H,7-10,15H2,1-4H3,(H,25,28)(H,26,29). The Labute approximate surface area is 173 Å². The molecule has 0 atom stereocenters. The first-order chi connectivity index (χ1) is 13.8. The zero-order valence-electron chi connectivity index (χ0n) is 17.8. The number of hydrogen-bond acceptors (Lipinski definition) is 3. The summed E-state index contributed by atoms with van der Waals surface area (Å²) in [5.41, 5.74) is 6.27. The zero-order valence-corrected chi connectivity index (χ0v) is 17.8. The summed E-state index contributed by atoms with van der Waals surface area (Å²) in [5.74, 6) is 0.0684. The number of likely N-dealkylation sites (tertiary alicyclic amines) is 1. The van der Waals surface area contributed by atoms with Gasteiger partial charge in [0.15, 0.2) is 0 Å². The smallest absolute Gasteiger partial charge is 0.238 e. The van der Waals surface area contributed by atoms with Crippen molar-refractivity contribution in [2.45, 2.75) is 40.5 Å². The molecule has 0 aromatic heterocycles. The van der Waals surface area contributed by atoms with Crippen LogP contribution in [0.1, 0.15) is 35.1 Å². The molecule has 2 aromatic carbocycles. The number of carbonyl (C=O) groups is 2. The predicted molar refractivity (Wildman–Crippen MR) is 118 cm³/mol. The number of hydrogen-bond donors (Lipinski definition) is 2. The maximum absolute atomic E-state index is 12.6. The molecule has 1 fully saturated rings. The molecule has 154 valence electrons. The Bertz CT molecular complexity index is 879. The first kappa shape index (κ1) is 21.1. The monoisotopic (exact) mass is 393 g/mol. The Hall–Kier alpha value is -2.66. The fraction of sp³-hybridized carbons (Fsp3) is 0.417. The minimum Gasteiger partial charge on any atom is -0.326 e. The van der Waals surface area contributed by atoms with E-state index in [0.29, 0.717) is 6.54 Å². The van der Waals surface area contributed by atoms with E-state index in [9.17, 15) is 9.59 Å². The van der Waals surface area contributed by atoms with Crippen LogP contribution in [0.2, 0.25) is 0 Å². The molecular formula is C24H31N3O2. The van der Waals surface area contributed by atoms with E-state index in [-0.39, 0.29) is 17.7 Å². The highest BCUT2D eigenvalue weighted by atomic mass is 16.2. The van der Waals surface area contributed by atoms with E-state index < -0.39 is 0 Å². The number of nitrogens with one attached hydrogen (secondary N) is 2. The summed E-state index contributed by atoms with van der Waals surface area (Å²) in [6, 6.07) is 12.1. The van der Waals surface area contributed by atoms with Crippen molar-refractivity contribution in [3.8, 4) is 0 Å². The van der Waals surface area contributed by atoms with Crippen LogP contribution in [0.25, 0.3) is 0 Å². The Morgan fingerprint density at radius 3 is 2.17 bits per heavy atom. The van der Waals surface area contributed by atoms with Crippen LogP contribution < -0.4 is 10.6 Å². The van der Waals surface area contributed by atoms with Gasteiger partial charge in [-0.3, -0.25) is 14.5 Å². The number of anilines is 2. The van der Waals surface area contributed by atoms with Crippen LogP contribution in [0.15, 0.2) is 36.4 Å². The van der Waals surface area contributed by atoms with Crippen molar-refractivity contribution >= 4 is 23.2 Å². The summed E-state index contributed by atoms with van der Waals surface area (Å²) < 4.78 is 0. The molecule has 0 spiro atoms. The lowest BCUT2D eigenvalue weighted by Crippen LogP contribution is -2.41. The van der Waals surface area contributed by atoms with Gasteiger partial charge in [0, 0.05) is 17.3 Å². The third-order valence-corrected chi connectivity index (χ3v) is 5.47. The first-order valence-electron chi connectivity index (χ1n) is 10.3. The van der Waals surface area contributed by atoms with Gasteiger partial charge < -0.3 is 10.6 Å². The summed E-state index contributed by atoms with van der Waals surface area (Å²) in [7, 11) is 0. The third kappa shape index (κ3) is 5.91. The van der Waals surface area contributed by atoms with E-state index in [1.54, 1.807) is 0 Å². The van der Waals surface area contributed by atoms with Crippen molar-refractivity contribution in [2.75, 3.05) is 30.3 Å². The van der Waals surface area contributed by atoms with Gasteiger partial charge in [0.25, 0.3) is 0 Å². The van der Waals surface area contributed by atoms with E-state index in [1.165, 1.54) is 5.56 Å². The van der Waals surface area contributed by atoms with Crippen LogP contribution in [0.5, 0.6) is 0 Å². The molecule has 29 heavy (non-hydrogen) atoms. The summed E-state index contributed by atoms with van der Waals surface area (Å²) in [4.78, 5) is 27.1. The second-order valence-electron chi connectivity index (χ2n) is 8.28. The first-order valence-corrected chi connectivity index (χ1v) is 10.3. The molecule has 0 saturated carbocycles. The van der Waals surface area contributed by atoms with E-state index in [1.807, 2.05) is 52.0 Å². The maximum Gasteiger partial charge on any atom is 0.238 e. The van der Waals surface area contributed by atoms with Gasteiger partial charge in [0.05, 0.1) is 6.54 Å². The van der Waals surface area contributed by atoms with Gasteiger partial charge in [-0.2, -0.15) is 0 Å². The highest BCUT2D eigenvalue weighted by molar-refractivity contribution is 5.94. The topological polar surface area (TPSA) is 61.4 Å². The molecule has 0 unspecified atom stereocenters. The largest absolute Gasteiger partial charge is 0.326 e. The number of nitrogens with zero attached hydrogens (tertiary/aromatic N) is 1. The molecule has 1 saturated heterocycles. The van der Waals surface area contributed by atoms with Crippen LogP contribution in [0.4, 0.5) is 11.4 Å². The van der Waals surface area contributed by atoms with Crippen molar-refractivity contribution in [3.63, 3.8) is 0 Å². The summed E-state index contributed by atoms with van der Waals surface area (Å²) >= 11 is 0. The summed E-state index contributed by atoms with van der Waals surface area (Å²) in [5, 5.41) is 6.06. The lowest BCUT2D eigenvalue weighted by molar-refractivity contribution is -0.121. The molecule has 0 radical (unpaired) electrons. The van der Waals surface area contributed by atoms with Crippen molar-refractivity contribution in [2.24, 2.45) is 5.92 Å². The minimum absolute atomic E-state index is 0.00515. The van der Waals surface area contributed by atoms with Gasteiger partial charge in [-0.15, -0.1) is 0 Å². The molecule has 0 bridgehead atoms. The molecule has 5 heteroatoms. The molecular weight excluding hydrogens is 362 g/mol. The van der Waals surface area contributed by atoms with E-state index in [0.717, 1.165) is 54.0 Å². The number of piperidine rings is 1. The van der Waals surface area contributed by atoms with Crippen LogP contribution in [-0.2, 0) is 9.59 Å². The van der Waals surface area contributed by atoms with Gasteiger partial charge in [-0.05, 0) is 88.5 Å². The number of aryl methyl sites for hydroxylation is 4. The highest BCUT2D eigenvalue weighted by Crippen LogP contribution is 2.22. The summed E-state index contributed by atoms with van der Waals surface area (Å²) in [6.45, 7) is 9.98. The second kappa shape index (κ2) is 9.23. The molecule has 2 N–H and O–H groups in total. The minimum atomic E-state index is -0.00631. The molecule has 3 rings (SSSR count). The van der Waals surface area contributed by atoms with Crippen molar-refractivity contribution < 1.29 is 9.59 Å². The molecule has 1 aliphatic rings. The Balaban J connectivity index is 1.47. The second-order valence-corrected chi connectivity index (χ2v) is 8.28. The highest BCUT2D eigenvalue weighted by Gasteiger charge is 2.26. The number of rotatable bonds is 5. The van der Waals surface area contributed by atoms with E-state index in [2.05, 4.69) is 27.7 Å². The molecule has 2 aromatic rings. The normalized spacial score (nSPS) is 15.2. The van der Waals surface area contributed by atoms with Crippen molar-refractivity contribution in [1.82, 2.24) is 4.90 Å². The van der Waals surface area contributed by atoms with E-state index >= 15 is 0 Å². The van der Waals surface area contributed by atoms with Gasteiger partial charge in [0.1, 0.15) is 0 Å². The van der Waals surface area contributed by atoms with Crippen LogP contribution in [0, 0.1) is 33.6 Å². The Morgan fingerprint density at radius 2 is 1.55 bits per heavy atom. The fourth-order valence-electron chi connectivity index (χ4n) is 3.99. The number of benzene rings is 2.